The third kappa shape index (κ3) is 3.79. The number of aromatic nitrogens is 2. The van der Waals surface area contributed by atoms with Crippen molar-refractivity contribution in [2.75, 3.05) is 0 Å². The van der Waals surface area contributed by atoms with Crippen LogP contribution in [0, 0.1) is 11.3 Å². The Kier molecular flexibility index (Phi) is 4.91. The summed E-state index contributed by atoms with van der Waals surface area (Å²) in [6.45, 7) is 11.6. The first-order valence-electron chi connectivity index (χ1n) is 6.86. The Morgan fingerprint density at radius 2 is 1.95 bits per heavy atom. The van der Waals surface area contributed by atoms with E-state index in [4.69, 9.17) is 4.52 Å². The largest absolute Gasteiger partial charge is 0.481 e. The summed E-state index contributed by atoms with van der Waals surface area (Å²) in [5.41, 5.74) is -1.51. The van der Waals surface area contributed by atoms with Gasteiger partial charge in [0.25, 0.3) is 0 Å². The summed E-state index contributed by atoms with van der Waals surface area (Å²) in [6, 6.07) is 0. The van der Waals surface area contributed by atoms with Gasteiger partial charge in [0.15, 0.2) is 5.82 Å². The highest BCUT2D eigenvalue weighted by molar-refractivity contribution is 5.75. The minimum Gasteiger partial charge on any atom is -0.481 e. The third-order valence-corrected chi connectivity index (χ3v) is 3.88. The Balaban J connectivity index is 2.67. The molecule has 114 valence electrons. The van der Waals surface area contributed by atoms with Gasteiger partial charge in [-0.1, -0.05) is 19.0 Å². The van der Waals surface area contributed by atoms with Crippen LogP contribution in [0.3, 0.4) is 0 Å². The van der Waals surface area contributed by atoms with E-state index >= 15 is 0 Å². The zero-order valence-electron chi connectivity index (χ0n) is 13.1. The summed E-state index contributed by atoms with van der Waals surface area (Å²) in [5, 5.41) is 16.4. The summed E-state index contributed by atoms with van der Waals surface area (Å²) in [4.78, 5) is 15.6. The van der Waals surface area contributed by atoms with E-state index in [-0.39, 0.29) is 0 Å². The van der Waals surface area contributed by atoms with Crippen molar-refractivity contribution in [3.05, 3.63) is 11.7 Å². The SMILES string of the molecule is CC(C)Cc1noc(CNC(C)(C)C(C)(C)C(=O)O)n1. The monoisotopic (exact) mass is 283 g/mol. The van der Waals surface area contributed by atoms with E-state index in [0.29, 0.717) is 24.2 Å². The lowest BCUT2D eigenvalue weighted by Gasteiger charge is -2.38. The molecule has 0 unspecified atom stereocenters. The molecule has 0 aliphatic rings. The quantitative estimate of drug-likeness (QED) is 0.798. The highest BCUT2D eigenvalue weighted by Crippen LogP contribution is 2.30. The number of carbonyl (C=O) groups is 1. The molecule has 0 atom stereocenters. The van der Waals surface area contributed by atoms with Crippen molar-refractivity contribution in [1.29, 1.82) is 0 Å². The zero-order chi connectivity index (χ0) is 15.6. The fourth-order valence-corrected chi connectivity index (χ4v) is 1.59. The van der Waals surface area contributed by atoms with Gasteiger partial charge in [-0.25, -0.2) is 0 Å². The van der Waals surface area contributed by atoms with Crippen molar-refractivity contribution in [2.24, 2.45) is 11.3 Å². The first-order chi connectivity index (χ1) is 9.06. The Morgan fingerprint density at radius 3 is 2.45 bits per heavy atom. The highest BCUT2D eigenvalue weighted by Gasteiger charge is 2.43. The van der Waals surface area contributed by atoms with Gasteiger partial charge >= 0.3 is 5.97 Å². The lowest BCUT2D eigenvalue weighted by molar-refractivity contribution is -0.151. The maximum Gasteiger partial charge on any atom is 0.310 e. The van der Waals surface area contributed by atoms with Crippen LogP contribution in [0.2, 0.25) is 0 Å². The molecule has 0 saturated carbocycles. The van der Waals surface area contributed by atoms with Crippen LogP contribution in [-0.2, 0) is 17.8 Å². The van der Waals surface area contributed by atoms with Crippen LogP contribution in [0.4, 0.5) is 0 Å². The van der Waals surface area contributed by atoms with E-state index in [1.165, 1.54) is 0 Å². The van der Waals surface area contributed by atoms with Crippen molar-refractivity contribution >= 4 is 5.97 Å². The Labute approximate surface area is 120 Å². The number of rotatable bonds is 7. The molecule has 6 nitrogen and oxygen atoms in total. The number of nitrogens with one attached hydrogen (secondary N) is 1. The maximum absolute atomic E-state index is 11.3. The molecule has 20 heavy (non-hydrogen) atoms. The average Bonchev–Trinajstić information content (AvgIpc) is 2.73. The topological polar surface area (TPSA) is 88.2 Å². The Bertz CT molecular complexity index is 464. The fraction of sp³-hybridized carbons (Fsp3) is 0.786. The summed E-state index contributed by atoms with van der Waals surface area (Å²) in [6.07, 6.45) is 0.771. The molecule has 1 rings (SSSR count). The van der Waals surface area contributed by atoms with Gasteiger partial charge in [-0.2, -0.15) is 4.98 Å². The molecule has 0 radical (unpaired) electrons. The van der Waals surface area contributed by atoms with Gasteiger partial charge in [0, 0.05) is 12.0 Å². The number of aliphatic carboxylic acids is 1. The van der Waals surface area contributed by atoms with E-state index in [1.807, 2.05) is 13.8 Å². The minimum absolute atomic E-state index is 0.356. The van der Waals surface area contributed by atoms with Crippen molar-refractivity contribution < 1.29 is 14.4 Å². The molecule has 0 aromatic carbocycles. The molecule has 0 spiro atoms. The summed E-state index contributed by atoms with van der Waals surface area (Å²) >= 11 is 0. The number of carboxylic acids is 1. The van der Waals surface area contributed by atoms with Gasteiger partial charge < -0.3 is 14.9 Å². The summed E-state index contributed by atoms with van der Waals surface area (Å²) < 4.78 is 5.16. The first kappa shape index (κ1) is 16.6. The Hall–Kier alpha value is -1.43. The van der Waals surface area contributed by atoms with Crippen LogP contribution in [0.25, 0.3) is 0 Å². The molecular weight excluding hydrogens is 258 g/mol. The summed E-state index contributed by atoms with van der Waals surface area (Å²) in [5.74, 6) is 0.791. The fourth-order valence-electron chi connectivity index (χ4n) is 1.59. The van der Waals surface area contributed by atoms with Gasteiger partial charge in [-0.3, -0.25) is 4.79 Å². The molecule has 6 heteroatoms. The van der Waals surface area contributed by atoms with Gasteiger partial charge in [0.2, 0.25) is 5.89 Å². The number of carboxylic acid groups (broad SMARTS) is 1. The Morgan fingerprint density at radius 1 is 1.35 bits per heavy atom. The second-order valence-electron chi connectivity index (χ2n) is 6.61. The van der Waals surface area contributed by atoms with E-state index in [0.717, 1.165) is 6.42 Å². The molecule has 0 amide bonds. The third-order valence-electron chi connectivity index (χ3n) is 3.88. The van der Waals surface area contributed by atoms with Gasteiger partial charge in [0.05, 0.1) is 12.0 Å². The maximum atomic E-state index is 11.3. The molecule has 0 aliphatic carbocycles. The van der Waals surface area contributed by atoms with Crippen molar-refractivity contribution in [3.8, 4) is 0 Å². The molecule has 0 aliphatic heterocycles. The predicted molar refractivity (Wildman–Crippen MR) is 75.2 cm³/mol. The number of hydrogen-bond acceptors (Lipinski definition) is 5. The van der Waals surface area contributed by atoms with Gasteiger partial charge in [0.1, 0.15) is 0 Å². The van der Waals surface area contributed by atoms with Gasteiger partial charge in [-0.15, -0.1) is 0 Å². The average molecular weight is 283 g/mol. The molecule has 2 N–H and O–H groups in total. The molecule has 1 aromatic rings. The predicted octanol–water partition coefficient (Wildman–Crippen LogP) is 2.25. The van der Waals surface area contributed by atoms with Gasteiger partial charge in [-0.05, 0) is 33.6 Å². The van der Waals surface area contributed by atoms with Crippen LogP contribution < -0.4 is 5.32 Å². The minimum atomic E-state index is -0.909. The number of nitrogens with zero attached hydrogens (tertiary/aromatic N) is 2. The second kappa shape index (κ2) is 5.91. The van der Waals surface area contributed by atoms with Crippen LogP contribution in [0.1, 0.15) is 53.3 Å². The number of hydrogen-bond donors (Lipinski definition) is 2. The molecule has 1 aromatic heterocycles. The van der Waals surface area contributed by atoms with Crippen molar-refractivity contribution in [1.82, 2.24) is 15.5 Å². The normalized spacial score (nSPS) is 12.9. The van der Waals surface area contributed by atoms with E-state index in [9.17, 15) is 9.90 Å². The standard InChI is InChI=1S/C14H25N3O3/c1-9(2)7-10-16-11(20-17-10)8-15-14(5,6)13(3,4)12(18)19/h9,15H,7-8H2,1-6H3,(H,18,19). The highest BCUT2D eigenvalue weighted by atomic mass is 16.5. The summed E-state index contributed by atoms with van der Waals surface area (Å²) in [7, 11) is 0. The van der Waals surface area contributed by atoms with E-state index in [2.05, 4.69) is 29.3 Å². The zero-order valence-corrected chi connectivity index (χ0v) is 13.1. The molecule has 0 saturated heterocycles. The first-order valence-corrected chi connectivity index (χ1v) is 6.86. The molecular formula is C14H25N3O3. The molecule has 0 fully saturated rings. The molecule has 1 heterocycles. The van der Waals surface area contributed by atoms with Crippen LogP contribution in [0.15, 0.2) is 4.52 Å². The lowest BCUT2D eigenvalue weighted by atomic mass is 9.74. The smallest absolute Gasteiger partial charge is 0.310 e. The van der Waals surface area contributed by atoms with Crippen molar-refractivity contribution in [3.63, 3.8) is 0 Å². The molecule has 0 bridgehead atoms. The second-order valence-corrected chi connectivity index (χ2v) is 6.61. The van der Waals surface area contributed by atoms with Crippen molar-refractivity contribution in [2.45, 2.75) is 60.0 Å². The van der Waals surface area contributed by atoms with Crippen LogP contribution >= 0.6 is 0 Å². The van der Waals surface area contributed by atoms with Crippen LogP contribution in [-0.4, -0.2) is 26.8 Å². The van der Waals surface area contributed by atoms with Crippen LogP contribution in [0.5, 0.6) is 0 Å². The van der Waals surface area contributed by atoms with E-state index in [1.54, 1.807) is 13.8 Å². The lowest BCUT2D eigenvalue weighted by Crippen LogP contribution is -2.54. The van der Waals surface area contributed by atoms with E-state index < -0.39 is 16.9 Å².